The van der Waals surface area contributed by atoms with Crippen molar-refractivity contribution < 1.29 is 4.79 Å². The number of aromatic nitrogens is 2. The van der Waals surface area contributed by atoms with E-state index in [-0.39, 0.29) is 10.7 Å². The van der Waals surface area contributed by atoms with E-state index in [2.05, 4.69) is 26.3 Å². The topological polar surface area (TPSA) is 46.9 Å². The second-order valence-electron chi connectivity index (χ2n) is 3.36. The van der Waals surface area contributed by atoms with Crippen molar-refractivity contribution in [3.8, 4) is 0 Å². The van der Waals surface area contributed by atoms with Crippen LogP contribution >= 0.6 is 15.9 Å². The Morgan fingerprint density at radius 2 is 2.47 bits per heavy atom. The van der Waals surface area contributed by atoms with Gasteiger partial charge in [-0.2, -0.15) is 5.10 Å². The number of nitrogens with zero attached hydrogens (tertiary/aromatic N) is 2. The van der Waals surface area contributed by atoms with Gasteiger partial charge in [-0.25, -0.2) is 0 Å². The molecule has 1 rings (SSSR count). The van der Waals surface area contributed by atoms with E-state index in [1.807, 2.05) is 24.7 Å². The van der Waals surface area contributed by atoms with Crippen molar-refractivity contribution in [2.24, 2.45) is 7.05 Å². The van der Waals surface area contributed by atoms with Crippen LogP contribution in [0, 0.1) is 0 Å². The molecule has 5 heteroatoms. The van der Waals surface area contributed by atoms with E-state index in [0.29, 0.717) is 6.54 Å². The lowest BCUT2D eigenvalue weighted by Gasteiger charge is -2.08. The van der Waals surface area contributed by atoms with Gasteiger partial charge in [-0.05, 0) is 12.5 Å². The molecule has 0 spiro atoms. The van der Waals surface area contributed by atoms with E-state index in [4.69, 9.17) is 0 Å². The molecule has 0 fully saturated rings. The minimum absolute atomic E-state index is 0.0552. The molecule has 0 aliphatic carbocycles. The van der Waals surface area contributed by atoms with Crippen molar-refractivity contribution in [3.63, 3.8) is 0 Å². The van der Waals surface area contributed by atoms with Gasteiger partial charge in [-0.1, -0.05) is 22.9 Å². The number of rotatable bonds is 5. The van der Waals surface area contributed by atoms with Crippen LogP contribution in [-0.4, -0.2) is 27.1 Å². The number of amides is 1. The summed E-state index contributed by atoms with van der Waals surface area (Å²) < 4.78 is 1.82. The van der Waals surface area contributed by atoms with Crippen LogP contribution in [0.3, 0.4) is 0 Å². The molecule has 0 saturated heterocycles. The second kappa shape index (κ2) is 5.90. The SMILES string of the molecule is CCC(Br)C(=O)NCCc1ccnn1C. The number of halogens is 1. The van der Waals surface area contributed by atoms with Crippen LogP contribution in [0.15, 0.2) is 12.3 Å². The van der Waals surface area contributed by atoms with E-state index < -0.39 is 0 Å². The van der Waals surface area contributed by atoms with Gasteiger partial charge in [0.25, 0.3) is 0 Å². The Balaban J connectivity index is 2.28. The van der Waals surface area contributed by atoms with Crippen LogP contribution in [0.25, 0.3) is 0 Å². The van der Waals surface area contributed by atoms with Crippen LogP contribution < -0.4 is 5.32 Å². The van der Waals surface area contributed by atoms with Gasteiger partial charge in [0.2, 0.25) is 5.91 Å². The summed E-state index contributed by atoms with van der Waals surface area (Å²) in [5.74, 6) is 0.0552. The summed E-state index contributed by atoms with van der Waals surface area (Å²) in [6, 6.07) is 1.96. The van der Waals surface area contributed by atoms with Crippen molar-refractivity contribution in [1.29, 1.82) is 0 Å². The molecule has 1 aromatic rings. The summed E-state index contributed by atoms with van der Waals surface area (Å²) in [7, 11) is 1.90. The van der Waals surface area contributed by atoms with Gasteiger partial charge >= 0.3 is 0 Å². The molecule has 15 heavy (non-hydrogen) atoms. The normalized spacial score (nSPS) is 12.5. The number of carbonyl (C=O) groups is 1. The van der Waals surface area contributed by atoms with Gasteiger partial charge in [0.15, 0.2) is 0 Å². The van der Waals surface area contributed by atoms with Gasteiger partial charge in [0.05, 0.1) is 4.83 Å². The number of alkyl halides is 1. The summed E-state index contributed by atoms with van der Waals surface area (Å²) in [4.78, 5) is 11.3. The van der Waals surface area contributed by atoms with Crippen LogP contribution in [0.4, 0.5) is 0 Å². The molecule has 1 heterocycles. The van der Waals surface area contributed by atoms with E-state index in [1.54, 1.807) is 6.20 Å². The Kier molecular flexibility index (Phi) is 4.81. The first kappa shape index (κ1) is 12.2. The van der Waals surface area contributed by atoms with Crippen molar-refractivity contribution in [1.82, 2.24) is 15.1 Å². The number of hydrogen-bond donors (Lipinski definition) is 1. The molecule has 0 radical (unpaired) electrons. The highest BCUT2D eigenvalue weighted by molar-refractivity contribution is 9.10. The zero-order valence-corrected chi connectivity index (χ0v) is 10.6. The van der Waals surface area contributed by atoms with Crippen LogP contribution in [0.5, 0.6) is 0 Å². The van der Waals surface area contributed by atoms with E-state index >= 15 is 0 Å². The summed E-state index contributed by atoms with van der Waals surface area (Å²) in [6.07, 6.45) is 3.37. The summed E-state index contributed by atoms with van der Waals surface area (Å²) in [6.45, 7) is 2.63. The maximum Gasteiger partial charge on any atom is 0.233 e. The molecule has 1 amide bonds. The Morgan fingerprint density at radius 1 is 1.73 bits per heavy atom. The molecule has 0 saturated carbocycles. The van der Waals surface area contributed by atoms with Crippen LogP contribution in [-0.2, 0) is 18.3 Å². The van der Waals surface area contributed by atoms with Crippen LogP contribution in [0.1, 0.15) is 19.0 Å². The number of aryl methyl sites for hydroxylation is 1. The Labute approximate surface area is 98.2 Å². The van der Waals surface area contributed by atoms with Crippen molar-refractivity contribution in [2.75, 3.05) is 6.54 Å². The molecule has 4 nitrogen and oxygen atoms in total. The third-order valence-corrected chi connectivity index (χ3v) is 3.31. The maximum atomic E-state index is 11.4. The van der Waals surface area contributed by atoms with Gasteiger partial charge in [-0.3, -0.25) is 9.48 Å². The molecule has 1 N–H and O–H groups in total. The molecular weight excluding hydrogens is 258 g/mol. The highest BCUT2D eigenvalue weighted by Gasteiger charge is 2.11. The number of nitrogens with one attached hydrogen (secondary N) is 1. The Morgan fingerprint density at radius 3 is 3.00 bits per heavy atom. The third kappa shape index (κ3) is 3.66. The van der Waals surface area contributed by atoms with E-state index in [1.165, 1.54) is 0 Å². The molecule has 1 aromatic heterocycles. The van der Waals surface area contributed by atoms with Crippen LogP contribution in [0.2, 0.25) is 0 Å². The maximum absolute atomic E-state index is 11.4. The average molecular weight is 274 g/mol. The van der Waals surface area contributed by atoms with Gasteiger partial charge in [0.1, 0.15) is 0 Å². The predicted molar refractivity (Wildman–Crippen MR) is 62.9 cm³/mol. The third-order valence-electron chi connectivity index (χ3n) is 2.25. The average Bonchev–Trinajstić information content (AvgIpc) is 2.63. The zero-order valence-electron chi connectivity index (χ0n) is 9.03. The molecule has 84 valence electrons. The molecule has 1 atom stereocenters. The minimum atomic E-state index is -0.0796. The highest BCUT2D eigenvalue weighted by Crippen LogP contribution is 2.03. The van der Waals surface area contributed by atoms with Gasteiger partial charge in [-0.15, -0.1) is 0 Å². The zero-order chi connectivity index (χ0) is 11.3. The molecular formula is C10H16BrN3O. The lowest BCUT2D eigenvalue weighted by atomic mass is 10.3. The summed E-state index contributed by atoms with van der Waals surface area (Å²) >= 11 is 3.31. The Bertz CT molecular complexity index is 324. The highest BCUT2D eigenvalue weighted by atomic mass is 79.9. The predicted octanol–water partition coefficient (Wildman–Crippen LogP) is 1.25. The summed E-state index contributed by atoms with van der Waals surface area (Å²) in [5, 5.41) is 6.93. The van der Waals surface area contributed by atoms with E-state index in [0.717, 1.165) is 18.5 Å². The molecule has 0 bridgehead atoms. The first-order chi connectivity index (χ1) is 7.15. The first-order valence-electron chi connectivity index (χ1n) is 5.03. The Hall–Kier alpha value is -0.840. The lowest BCUT2D eigenvalue weighted by Crippen LogP contribution is -2.32. The number of hydrogen-bond acceptors (Lipinski definition) is 2. The largest absolute Gasteiger partial charge is 0.355 e. The number of carbonyl (C=O) groups excluding carboxylic acids is 1. The fourth-order valence-electron chi connectivity index (χ4n) is 1.26. The van der Waals surface area contributed by atoms with Crippen molar-refractivity contribution >= 4 is 21.8 Å². The summed E-state index contributed by atoms with van der Waals surface area (Å²) in [5.41, 5.74) is 1.12. The van der Waals surface area contributed by atoms with Gasteiger partial charge < -0.3 is 5.32 Å². The quantitative estimate of drug-likeness (QED) is 0.821. The first-order valence-corrected chi connectivity index (χ1v) is 5.95. The fraction of sp³-hybridized carbons (Fsp3) is 0.600. The standard InChI is InChI=1S/C10H16BrN3O/c1-3-9(11)10(15)12-6-4-8-5-7-13-14(8)2/h5,7,9H,3-4,6H2,1-2H3,(H,12,15). The van der Waals surface area contributed by atoms with Gasteiger partial charge in [0, 0.05) is 31.9 Å². The smallest absolute Gasteiger partial charge is 0.233 e. The molecule has 0 aliphatic heterocycles. The van der Waals surface area contributed by atoms with Crippen molar-refractivity contribution in [3.05, 3.63) is 18.0 Å². The molecule has 1 unspecified atom stereocenters. The molecule has 0 aliphatic rings. The lowest BCUT2D eigenvalue weighted by molar-refractivity contribution is -0.120. The van der Waals surface area contributed by atoms with E-state index in [9.17, 15) is 4.79 Å². The minimum Gasteiger partial charge on any atom is -0.355 e. The monoisotopic (exact) mass is 273 g/mol. The molecule has 0 aromatic carbocycles. The second-order valence-corrected chi connectivity index (χ2v) is 4.47. The fourth-order valence-corrected chi connectivity index (χ4v) is 1.42. The van der Waals surface area contributed by atoms with Crippen molar-refractivity contribution in [2.45, 2.75) is 24.6 Å².